The second-order valence-corrected chi connectivity index (χ2v) is 5.12. The van der Waals surface area contributed by atoms with Crippen LogP contribution in [0, 0.1) is 5.92 Å². The van der Waals surface area contributed by atoms with Gasteiger partial charge in [0.25, 0.3) is 0 Å². The molecule has 4 heteroatoms. The molecule has 1 heterocycles. The molecule has 1 aromatic carbocycles. The predicted molar refractivity (Wildman–Crippen MR) is 70.2 cm³/mol. The molecule has 1 atom stereocenters. The van der Waals surface area contributed by atoms with Crippen LogP contribution in [0.1, 0.15) is 18.4 Å². The Morgan fingerprint density at radius 2 is 2.29 bits per heavy atom. The van der Waals surface area contributed by atoms with Gasteiger partial charge >= 0.3 is 0 Å². The van der Waals surface area contributed by atoms with Crippen LogP contribution in [-0.2, 0) is 6.54 Å². The van der Waals surface area contributed by atoms with Gasteiger partial charge in [0, 0.05) is 23.7 Å². The molecular formula is C13H19ClN2O. The average molecular weight is 255 g/mol. The fourth-order valence-electron chi connectivity index (χ4n) is 2.41. The lowest BCUT2D eigenvalue weighted by Crippen LogP contribution is -2.37. The summed E-state index contributed by atoms with van der Waals surface area (Å²) < 4.78 is 0. The van der Waals surface area contributed by atoms with Crippen molar-refractivity contribution in [2.75, 3.05) is 19.6 Å². The highest BCUT2D eigenvalue weighted by Gasteiger charge is 2.20. The highest BCUT2D eigenvalue weighted by molar-refractivity contribution is 6.31. The van der Waals surface area contributed by atoms with Crippen LogP contribution in [0.3, 0.4) is 0 Å². The standard InChI is InChI=1S/C13H19ClN2O/c14-12-4-1-5-13(17)11(12)9-16-6-2-3-10(7-15)8-16/h1,4-5,10,17H,2-3,6-9,15H2. The number of hydrogen-bond donors (Lipinski definition) is 2. The quantitative estimate of drug-likeness (QED) is 0.870. The van der Waals surface area contributed by atoms with Gasteiger partial charge in [-0.25, -0.2) is 0 Å². The number of phenolic OH excluding ortho intramolecular Hbond substituents is 1. The third kappa shape index (κ3) is 3.12. The molecule has 1 aliphatic heterocycles. The van der Waals surface area contributed by atoms with E-state index >= 15 is 0 Å². The normalized spacial score (nSPS) is 21.6. The van der Waals surface area contributed by atoms with Gasteiger partial charge in [0.15, 0.2) is 0 Å². The van der Waals surface area contributed by atoms with Gasteiger partial charge in [0.2, 0.25) is 0 Å². The summed E-state index contributed by atoms with van der Waals surface area (Å²) in [7, 11) is 0. The minimum Gasteiger partial charge on any atom is -0.508 e. The number of nitrogens with zero attached hydrogens (tertiary/aromatic N) is 1. The number of piperidine rings is 1. The number of likely N-dealkylation sites (tertiary alicyclic amines) is 1. The molecule has 0 radical (unpaired) electrons. The van der Waals surface area contributed by atoms with Gasteiger partial charge in [-0.05, 0) is 44.0 Å². The number of rotatable bonds is 3. The number of aromatic hydroxyl groups is 1. The Bertz CT molecular complexity index is 363. The third-order valence-corrected chi connectivity index (χ3v) is 3.77. The van der Waals surface area contributed by atoms with Gasteiger partial charge in [0.05, 0.1) is 0 Å². The monoisotopic (exact) mass is 254 g/mol. The van der Waals surface area contributed by atoms with Crippen molar-refractivity contribution in [3.05, 3.63) is 28.8 Å². The number of nitrogens with two attached hydrogens (primary N) is 1. The van der Waals surface area contributed by atoms with Gasteiger partial charge in [-0.1, -0.05) is 17.7 Å². The van der Waals surface area contributed by atoms with E-state index in [0.29, 0.717) is 17.5 Å². The first-order chi connectivity index (χ1) is 8.20. The van der Waals surface area contributed by atoms with Crippen molar-refractivity contribution in [3.63, 3.8) is 0 Å². The largest absolute Gasteiger partial charge is 0.508 e. The van der Waals surface area contributed by atoms with Crippen molar-refractivity contribution in [1.82, 2.24) is 4.90 Å². The first-order valence-electron chi connectivity index (χ1n) is 6.09. The molecule has 3 N–H and O–H groups in total. The van der Waals surface area contributed by atoms with Crippen LogP contribution in [0.2, 0.25) is 5.02 Å². The second-order valence-electron chi connectivity index (χ2n) is 4.72. The molecule has 0 aromatic heterocycles. The molecule has 1 aromatic rings. The zero-order valence-corrected chi connectivity index (χ0v) is 10.7. The summed E-state index contributed by atoms with van der Waals surface area (Å²) in [6.07, 6.45) is 2.38. The van der Waals surface area contributed by atoms with Crippen LogP contribution in [0.25, 0.3) is 0 Å². The Morgan fingerprint density at radius 3 is 3.00 bits per heavy atom. The summed E-state index contributed by atoms with van der Waals surface area (Å²) in [6.45, 7) is 3.51. The van der Waals surface area contributed by atoms with E-state index in [0.717, 1.165) is 25.2 Å². The third-order valence-electron chi connectivity index (χ3n) is 3.41. The fourth-order valence-corrected chi connectivity index (χ4v) is 2.64. The number of halogens is 1. The first kappa shape index (κ1) is 12.7. The Kier molecular flexibility index (Phi) is 4.26. The molecule has 17 heavy (non-hydrogen) atoms. The Labute approximate surface area is 107 Å². The maximum absolute atomic E-state index is 9.81. The lowest BCUT2D eigenvalue weighted by Gasteiger charge is -2.32. The molecule has 3 nitrogen and oxygen atoms in total. The highest BCUT2D eigenvalue weighted by Crippen LogP contribution is 2.28. The molecule has 1 aliphatic rings. The molecule has 1 fully saturated rings. The maximum atomic E-state index is 9.81. The molecule has 1 unspecified atom stereocenters. The average Bonchev–Trinajstić information content (AvgIpc) is 2.34. The summed E-state index contributed by atoms with van der Waals surface area (Å²) in [5.74, 6) is 0.862. The topological polar surface area (TPSA) is 49.5 Å². The summed E-state index contributed by atoms with van der Waals surface area (Å²) in [5, 5.41) is 10.4. The van der Waals surface area contributed by atoms with Crippen LogP contribution >= 0.6 is 11.6 Å². The van der Waals surface area contributed by atoms with Crippen LogP contribution in [0.4, 0.5) is 0 Å². The molecule has 94 valence electrons. The number of hydrogen-bond acceptors (Lipinski definition) is 3. The number of benzene rings is 1. The van der Waals surface area contributed by atoms with Crippen molar-refractivity contribution >= 4 is 11.6 Å². The minimum atomic E-state index is 0.285. The highest BCUT2D eigenvalue weighted by atomic mass is 35.5. The van der Waals surface area contributed by atoms with Gasteiger partial charge in [0.1, 0.15) is 5.75 Å². The van der Waals surface area contributed by atoms with E-state index in [1.165, 1.54) is 12.8 Å². The zero-order valence-electron chi connectivity index (χ0n) is 9.90. The van der Waals surface area contributed by atoms with E-state index in [-0.39, 0.29) is 5.75 Å². The molecule has 0 amide bonds. The molecule has 0 bridgehead atoms. The van der Waals surface area contributed by atoms with E-state index in [9.17, 15) is 5.11 Å². The van der Waals surface area contributed by atoms with Crippen LogP contribution in [0.15, 0.2) is 18.2 Å². The van der Waals surface area contributed by atoms with Crippen molar-refractivity contribution in [1.29, 1.82) is 0 Å². The molecule has 0 spiro atoms. The minimum absolute atomic E-state index is 0.285. The molecule has 0 saturated carbocycles. The lowest BCUT2D eigenvalue weighted by molar-refractivity contribution is 0.169. The van der Waals surface area contributed by atoms with Gasteiger partial charge in [-0.15, -0.1) is 0 Å². The van der Waals surface area contributed by atoms with Crippen LogP contribution < -0.4 is 5.73 Å². The summed E-state index contributed by atoms with van der Waals surface area (Å²) in [6, 6.07) is 5.27. The summed E-state index contributed by atoms with van der Waals surface area (Å²) >= 11 is 6.11. The van der Waals surface area contributed by atoms with Gasteiger partial charge in [-0.3, -0.25) is 4.90 Å². The Morgan fingerprint density at radius 1 is 1.47 bits per heavy atom. The SMILES string of the molecule is NCC1CCCN(Cc2c(O)cccc2Cl)C1. The van der Waals surface area contributed by atoms with Gasteiger partial charge in [-0.2, -0.15) is 0 Å². The second kappa shape index (κ2) is 5.71. The van der Waals surface area contributed by atoms with Crippen molar-refractivity contribution < 1.29 is 5.11 Å². The smallest absolute Gasteiger partial charge is 0.121 e. The Hall–Kier alpha value is -0.770. The van der Waals surface area contributed by atoms with Gasteiger partial charge < -0.3 is 10.8 Å². The fraction of sp³-hybridized carbons (Fsp3) is 0.538. The predicted octanol–water partition coefficient (Wildman–Crippen LogP) is 2.22. The van der Waals surface area contributed by atoms with Crippen LogP contribution in [0.5, 0.6) is 5.75 Å². The first-order valence-corrected chi connectivity index (χ1v) is 6.47. The van der Waals surface area contributed by atoms with Crippen molar-refractivity contribution in [2.24, 2.45) is 11.7 Å². The summed E-state index contributed by atoms with van der Waals surface area (Å²) in [5.41, 5.74) is 6.54. The van der Waals surface area contributed by atoms with E-state index in [1.807, 2.05) is 6.07 Å². The van der Waals surface area contributed by atoms with Crippen molar-refractivity contribution in [2.45, 2.75) is 19.4 Å². The molecule has 2 rings (SSSR count). The van der Waals surface area contributed by atoms with E-state index in [1.54, 1.807) is 12.1 Å². The van der Waals surface area contributed by atoms with E-state index in [4.69, 9.17) is 17.3 Å². The lowest BCUT2D eigenvalue weighted by atomic mass is 9.98. The number of phenols is 1. The molecule has 0 aliphatic carbocycles. The zero-order chi connectivity index (χ0) is 12.3. The van der Waals surface area contributed by atoms with E-state index < -0.39 is 0 Å². The maximum Gasteiger partial charge on any atom is 0.121 e. The molecular weight excluding hydrogens is 236 g/mol. The Balaban J connectivity index is 2.05. The van der Waals surface area contributed by atoms with Crippen molar-refractivity contribution in [3.8, 4) is 5.75 Å². The van der Waals surface area contributed by atoms with Crippen LogP contribution in [-0.4, -0.2) is 29.6 Å². The molecule has 1 saturated heterocycles. The van der Waals surface area contributed by atoms with E-state index in [2.05, 4.69) is 4.90 Å². The summed E-state index contributed by atoms with van der Waals surface area (Å²) in [4.78, 5) is 2.32.